The molecular formula is C8H15ClN2O. The summed E-state index contributed by atoms with van der Waals surface area (Å²) in [5.74, 6) is 0. The summed E-state index contributed by atoms with van der Waals surface area (Å²) >= 11 is 0. The van der Waals surface area contributed by atoms with E-state index in [4.69, 9.17) is 4.74 Å². The number of fused-ring (bicyclic) bond motifs is 1. The largest absolute Gasteiger partial charge is 0.370 e. The van der Waals surface area contributed by atoms with Gasteiger partial charge in [0.1, 0.15) is 0 Å². The van der Waals surface area contributed by atoms with Gasteiger partial charge in [-0.15, -0.1) is 12.4 Å². The fourth-order valence-electron chi connectivity index (χ4n) is 2.94. The second-order valence-corrected chi connectivity index (χ2v) is 3.80. The highest BCUT2D eigenvalue weighted by atomic mass is 35.5. The highest BCUT2D eigenvalue weighted by Crippen LogP contribution is 2.39. The van der Waals surface area contributed by atoms with Crippen LogP contribution in [-0.4, -0.2) is 49.3 Å². The van der Waals surface area contributed by atoms with Crippen molar-refractivity contribution in [2.75, 3.05) is 20.1 Å². The van der Waals surface area contributed by atoms with Crippen molar-refractivity contribution < 1.29 is 4.74 Å². The quantitative estimate of drug-likeness (QED) is 0.623. The molecule has 0 spiro atoms. The molecule has 0 unspecified atom stereocenters. The van der Waals surface area contributed by atoms with Gasteiger partial charge < -0.3 is 10.1 Å². The lowest BCUT2D eigenvalue weighted by atomic mass is 10.1. The average molecular weight is 191 g/mol. The number of ether oxygens (including phenoxy) is 1. The zero-order valence-electron chi connectivity index (χ0n) is 7.19. The molecule has 0 saturated carbocycles. The topological polar surface area (TPSA) is 24.5 Å². The van der Waals surface area contributed by atoms with Crippen LogP contribution < -0.4 is 5.32 Å². The van der Waals surface area contributed by atoms with Gasteiger partial charge in [0.05, 0.1) is 24.3 Å². The van der Waals surface area contributed by atoms with Crippen molar-refractivity contribution in [3.05, 3.63) is 0 Å². The number of halogens is 1. The first-order valence-corrected chi connectivity index (χ1v) is 4.47. The van der Waals surface area contributed by atoms with Crippen molar-refractivity contribution in [1.29, 1.82) is 0 Å². The highest BCUT2D eigenvalue weighted by Gasteiger charge is 2.56. The van der Waals surface area contributed by atoms with Crippen LogP contribution in [-0.2, 0) is 4.74 Å². The minimum Gasteiger partial charge on any atom is -0.370 e. The maximum absolute atomic E-state index is 5.85. The maximum Gasteiger partial charge on any atom is 0.0875 e. The number of nitrogens with zero attached hydrogens (tertiary/aromatic N) is 1. The normalized spacial score (nSPS) is 49.8. The Morgan fingerprint density at radius 1 is 1.42 bits per heavy atom. The highest BCUT2D eigenvalue weighted by molar-refractivity contribution is 5.85. The standard InChI is InChI=1S/C8H14N2O.ClH/c1-9-7-6-4-10-3-2-5(11-6)8(7)10;/h5-9H,2-4H2,1H3;1H/t5-,6+,7-,8+;/m0./s1. The lowest BCUT2D eigenvalue weighted by Gasteiger charge is -2.21. The molecule has 12 heavy (non-hydrogen) atoms. The molecule has 3 aliphatic rings. The molecule has 3 nitrogen and oxygen atoms in total. The fraction of sp³-hybridized carbons (Fsp3) is 1.00. The summed E-state index contributed by atoms with van der Waals surface area (Å²) in [5.41, 5.74) is 0. The molecule has 4 atom stereocenters. The van der Waals surface area contributed by atoms with Crippen LogP contribution in [0.4, 0.5) is 0 Å². The molecule has 3 heterocycles. The van der Waals surface area contributed by atoms with Gasteiger partial charge in [0.2, 0.25) is 0 Å². The Hall–Kier alpha value is 0.170. The summed E-state index contributed by atoms with van der Waals surface area (Å²) < 4.78 is 5.85. The SMILES string of the molecule is CN[C@@H]1[C@H]2[C@@H]3CCN2C[C@H]1O3.Cl. The molecule has 3 aliphatic heterocycles. The number of likely N-dealkylation sites (N-methyl/N-ethyl adjacent to an activating group) is 1. The van der Waals surface area contributed by atoms with Crippen molar-refractivity contribution in [3.63, 3.8) is 0 Å². The molecule has 4 heteroatoms. The van der Waals surface area contributed by atoms with E-state index in [1.165, 1.54) is 13.0 Å². The third-order valence-corrected chi connectivity index (χ3v) is 3.37. The average Bonchev–Trinajstić information content (AvgIpc) is 2.55. The molecule has 3 rings (SSSR count). The van der Waals surface area contributed by atoms with Crippen molar-refractivity contribution in [3.8, 4) is 0 Å². The van der Waals surface area contributed by atoms with Crippen LogP contribution in [0.25, 0.3) is 0 Å². The summed E-state index contributed by atoms with van der Waals surface area (Å²) in [6.07, 6.45) is 2.28. The molecule has 0 aromatic rings. The van der Waals surface area contributed by atoms with E-state index in [1.807, 2.05) is 7.05 Å². The van der Waals surface area contributed by atoms with Crippen LogP contribution in [0.2, 0.25) is 0 Å². The van der Waals surface area contributed by atoms with Crippen molar-refractivity contribution >= 4 is 12.4 Å². The smallest absolute Gasteiger partial charge is 0.0875 e. The van der Waals surface area contributed by atoms with Crippen LogP contribution in [0.1, 0.15) is 6.42 Å². The van der Waals surface area contributed by atoms with Gasteiger partial charge in [-0.25, -0.2) is 0 Å². The van der Waals surface area contributed by atoms with E-state index < -0.39 is 0 Å². The van der Waals surface area contributed by atoms with Crippen LogP contribution in [0.3, 0.4) is 0 Å². The number of nitrogens with one attached hydrogen (secondary N) is 1. The second-order valence-electron chi connectivity index (χ2n) is 3.80. The van der Waals surface area contributed by atoms with Gasteiger partial charge in [-0.05, 0) is 13.5 Å². The molecule has 3 fully saturated rings. The van der Waals surface area contributed by atoms with Crippen LogP contribution in [0.15, 0.2) is 0 Å². The van der Waals surface area contributed by atoms with Crippen LogP contribution in [0, 0.1) is 0 Å². The van der Waals surface area contributed by atoms with E-state index in [0.717, 1.165) is 6.54 Å². The Kier molecular flexibility index (Phi) is 2.07. The third kappa shape index (κ3) is 0.880. The van der Waals surface area contributed by atoms with Gasteiger partial charge in [0, 0.05) is 13.1 Å². The van der Waals surface area contributed by atoms with E-state index >= 15 is 0 Å². The molecular weight excluding hydrogens is 176 g/mol. The first-order valence-electron chi connectivity index (χ1n) is 4.47. The third-order valence-electron chi connectivity index (χ3n) is 3.37. The number of hydrogen-bond donors (Lipinski definition) is 1. The van der Waals surface area contributed by atoms with Crippen molar-refractivity contribution in [1.82, 2.24) is 10.2 Å². The molecule has 1 N–H and O–H groups in total. The summed E-state index contributed by atoms with van der Waals surface area (Å²) in [7, 11) is 2.05. The van der Waals surface area contributed by atoms with Crippen LogP contribution in [0.5, 0.6) is 0 Å². The predicted octanol–water partition coefficient (Wildman–Crippen LogP) is -0.148. The Balaban J connectivity index is 0.000000563. The van der Waals surface area contributed by atoms with E-state index in [-0.39, 0.29) is 12.4 Å². The second kappa shape index (κ2) is 2.84. The zero-order chi connectivity index (χ0) is 7.42. The Bertz CT molecular complexity index is 176. The van der Waals surface area contributed by atoms with Gasteiger partial charge in [0.15, 0.2) is 0 Å². The molecule has 0 amide bonds. The molecule has 0 aliphatic carbocycles. The van der Waals surface area contributed by atoms with Gasteiger partial charge >= 0.3 is 0 Å². The molecule has 0 aromatic heterocycles. The van der Waals surface area contributed by atoms with Crippen molar-refractivity contribution in [2.24, 2.45) is 0 Å². The van der Waals surface area contributed by atoms with E-state index in [0.29, 0.717) is 24.3 Å². The lowest BCUT2D eigenvalue weighted by Crippen LogP contribution is -2.40. The summed E-state index contributed by atoms with van der Waals surface area (Å²) in [6.45, 7) is 2.41. The van der Waals surface area contributed by atoms with Gasteiger partial charge in [-0.2, -0.15) is 0 Å². The predicted molar refractivity (Wildman–Crippen MR) is 48.7 cm³/mol. The van der Waals surface area contributed by atoms with E-state index in [2.05, 4.69) is 10.2 Å². The van der Waals surface area contributed by atoms with Crippen molar-refractivity contribution in [2.45, 2.75) is 30.7 Å². The minimum absolute atomic E-state index is 0. The maximum atomic E-state index is 5.85. The molecule has 3 saturated heterocycles. The first kappa shape index (κ1) is 8.75. The Morgan fingerprint density at radius 3 is 2.83 bits per heavy atom. The van der Waals surface area contributed by atoms with Gasteiger partial charge in [-0.3, -0.25) is 4.90 Å². The summed E-state index contributed by atoms with van der Waals surface area (Å²) in [6, 6.07) is 1.31. The molecule has 2 bridgehead atoms. The molecule has 70 valence electrons. The fourth-order valence-corrected chi connectivity index (χ4v) is 2.94. The number of rotatable bonds is 1. The Labute approximate surface area is 78.9 Å². The molecule has 0 aromatic carbocycles. The monoisotopic (exact) mass is 190 g/mol. The number of hydrogen-bond acceptors (Lipinski definition) is 3. The lowest BCUT2D eigenvalue weighted by molar-refractivity contribution is 0.00833. The number of morpholine rings is 1. The molecule has 0 radical (unpaired) electrons. The summed E-state index contributed by atoms with van der Waals surface area (Å²) in [5, 5.41) is 3.36. The van der Waals surface area contributed by atoms with Gasteiger partial charge in [0.25, 0.3) is 0 Å². The van der Waals surface area contributed by atoms with E-state index in [1.54, 1.807) is 0 Å². The first-order chi connectivity index (χ1) is 5.40. The summed E-state index contributed by atoms with van der Waals surface area (Å²) in [4.78, 5) is 2.57. The van der Waals surface area contributed by atoms with Crippen LogP contribution >= 0.6 is 12.4 Å². The minimum atomic E-state index is 0. The van der Waals surface area contributed by atoms with Gasteiger partial charge in [-0.1, -0.05) is 0 Å². The Morgan fingerprint density at radius 2 is 2.25 bits per heavy atom. The van der Waals surface area contributed by atoms with E-state index in [9.17, 15) is 0 Å². The zero-order valence-corrected chi connectivity index (χ0v) is 8.01.